The fourth-order valence-corrected chi connectivity index (χ4v) is 3.31. The van der Waals surface area contributed by atoms with Gasteiger partial charge in [0.05, 0.1) is 10.7 Å². The summed E-state index contributed by atoms with van der Waals surface area (Å²) in [5, 5.41) is 4.41. The Morgan fingerprint density at radius 2 is 2.00 bits per heavy atom. The molecule has 1 N–H and O–H groups in total. The number of thiazole rings is 1. The molecular formula is C16H20F2N2S. The highest BCUT2D eigenvalue weighted by atomic mass is 32.1. The van der Waals surface area contributed by atoms with E-state index < -0.39 is 11.6 Å². The third-order valence-electron chi connectivity index (χ3n) is 3.47. The van der Waals surface area contributed by atoms with E-state index in [4.69, 9.17) is 0 Å². The first-order valence-corrected chi connectivity index (χ1v) is 7.91. The van der Waals surface area contributed by atoms with Crippen LogP contribution in [0.25, 0.3) is 0 Å². The number of halogens is 2. The molecule has 0 spiro atoms. The van der Waals surface area contributed by atoms with Gasteiger partial charge in [-0.3, -0.25) is 0 Å². The van der Waals surface area contributed by atoms with Gasteiger partial charge in [0.15, 0.2) is 0 Å². The number of rotatable bonds is 6. The fraction of sp³-hybridized carbons (Fsp3) is 0.438. The summed E-state index contributed by atoms with van der Waals surface area (Å²) in [4.78, 5) is 5.75. The highest BCUT2D eigenvalue weighted by Crippen LogP contribution is 2.20. The van der Waals surface area contributed by atoms with Crippen LogP contribution in [0.1, 0.15) is 28.1 Å². The second kappa shape index (κ2) is 7.09. The molecule has 1 unspecified atom stereocenters. The van der Waals surface area contributed by atoms with Gasteiger partial charge in [0, 0.05) is 23.4 Å². The standard InChI is InChI=1S/C16H20F2N2S/c1-4-19-14(9-16-20-10(2)11(3)21-16)7-12-5-6-13(17)8-15(12)18/h5-6,8,14,19H,4,7,9H2,1-3H3. The monoisotopic (exact) mass is 310 g/mol. The molecule has 2 rings (SSSR count). The Hall–Kier alpha value is -1.33. The predicted octanol–water partition coefficient (Wildman–Crippen LogP) is 3.80. The summed E-state index contributed by atoms with van der Waals surface area (Å²) >= 11 is 1.68. The van der Waals surface area contributed by atoms with Gasteiger partial charge in [0.2, 0.25) is 0 Å². The van der Waals surface area contributed by atoms with Crippen LogP contribution in [0.4, 0.5) is 8.78 Å². The van der Waals surface area contributed by atoms with E-state index in [1.54, 1.807) is 11.3 Å². The second-order valence-corrected chi connectivity index (χ2v) is 6.44. The summed E-state index contributed by atoms with van der Waals surface area (Å²) in [6.07, 6.45) is 1.28. The molecule has 0 aliphatic heterocycles. The van der Waals surface area contributed by atoms with E-state index in [1.165, 1.54) is 17.0 Å². The molecule has 5 heteroatoms. The first-order chi connectivity index (χ1) is 9.99. The van der Waals surface area contributed by atoms with Crippen molar-refractivity contribution in [2.45, 2.75) is 39.7 Å². The molecule has 21 heavy (non-hydrogen) atoms. The van der Waals surface area contributed by atoms with Crippen molar-refractivity contribution >= 4 is 11.3 Å². The van der Waals surface area contributed by atoms with Gasteiger partial charge in [0.25, 0.3) is 0 Å². The van der Waals surface area contributed by atoms with E-state index in [-0.39, 0.29) is 6.04 Å². The zero-order valence-corrected chi connectivity index (χ0v) is 13.4. The number of nitrogens with zero attached hydrogens (tertiary/aromatic N) is 1. The Labute approximate surface area is 128 Å². The average molecular weight is 310 g/mol. The number of nitrogens with one attached hydrogen (secondary N) is 1. The summed E-state index contributed by atoms with van der Waals surface area (Å²) in [6, 6.07) is 3.86. The Bertz CT molecular complexity index is 591. The second-order valence-electron chi connectivity index (χ2n) is 5.15. The molecule has 1 aromatic heterocycles. The number of hydrogen-bond acceptors (Lipinski definition) is 3. The molecule has 1 aromatic carbocycles. The summed E-state index contributed by atoms with van der Waals surface area (Å²) in [5.74, 6) is -1.02. The largest absolute Gasteiger partial charge is 0.314 e. The molecule has 0 radical (unpaired) electrons. The molecule has 0 aliphatic rings. The number of benzene rings is 1. The van der Waals surface area contributed by atoms with Crippen LogP contribution in [-0.2, 0) is 12.8 Å². The number of hydrogen-bond donors (Lipinski definition) is 1. The highest BCUT2D eigenvalue weighted by molar-refractivity contribution is 7.11. The molecule has 1 atom stereocenters. The molecule has 0 saturated heterocycles. The molecule has 0 amide bonds. The van der Waals surface area contributed by atoms with Crippen molar-refractivity contribution < 1.29 is 8.78 Å². The molecule has 0 fully saturated rings. The van der Waals surface area contributed by atoms with E-state index in [9.17, 15) is 8.78 Å². The summed E-state index contributed by atoms with van der Waals surface area (Å²) < 4.78 is 26.7. The van der Waals surface area contributed by atoms with E-state index in [2.05, 4.69) is 17.2 Å². The highest BCUT2D eigenvalue weighted by Gasteiger charge is 2.15. The van der Waals surface area contributed by atoms with Crippen LogP contribution in [0, 0.1) is 25.5 Å². The maximum atomic E-state index is 13.8. The van der Waals surface area contributed by atoms with Crippen LogP contribution in [-0.4, -0.2) is 17.6 Å². The molecule has 1 heterocycles. The SMILES string of the molecule is CCNC(Cc1nc(C)c(C)s1)Cc1ccc(F)cc1F. The minimum Gasteiger partial charge on any atom is -0.314 e. The van der Waals surface area contributed by atoms with Gasteiger partial charge >= 0.3 is 0 Å². The van der Waals surface area contributed by atoms with E-state index in [0.29, 0.717) is 12.0 Å². The maximum Gasteiger partial charge on any atom is 0.129 e. The Kier molecular flexibility index (Phi) is 5.42. The fourth-order valence-electron chi connectivity index (χ4n) is 2.30. The van der Waals surface area contributed by atoms with Crippen molar-refractivity contribution in [2.24, 2.45) is 0 Å². The van der Waals surface area contributed by atoms with Gasteiger partial charge in [-0.15, -0.1) is 11.3 Å². The van der Waals surface area contributed by atoms with Crippen molar-refractivity contribution in [1.82, 2.24) is 10.3 Å². The van der Waals surface area contributed by atoms with E-state index in [0.717, 1.165) is 29.7 Å². The molecule has 2 nitrogen and oxygen atoms in total. The topological polar surface area (TPSA) is 24.9 Å². The predicted molar refractivity (Wildman–Crippen MR) is 82.8 cm³/mol. The van der Waals surface area contributed by atoms with Crippen LogP contribution >= 0.6 is 11.3 Å². The van der Waals surface area contributed by atoms with Crippen LogP contribution in [0.5, 0.6) is 0 Å². The van der Waals surface area contributed by atoms with Gasteiger partial charge in [0.1, 0.15) is 11.6 Å². The number of aryl methyl sites for hydroxylation is 2. The Balaban J connectivity index is 2.11. The molecule has 0 aliphatic carbocycles. The number of aromatic nitrogens is 1. The van der Waals surface area contributed by atoms with Crippen molar-refractivity contribution in [3.63, 3.8) is 0 Å². The van der Waals surface area contributed by atoms with Crippen LogP contribution in [0.2, 0.25) is 0 Å². The maximum absolute atomic E-state index is 13.8. The van der Waals surface area contributed by atoms with Gasteiger partial charge in [-0.25, -0.2) is 13.8 Å². The van der Waals surface area contributed by atoms with Crippen molar-refractivity contribution in [1.29, 1.82) is 0 Å². The lowest BCUT2D eigenvalue weighted by Crippen LogP contribution is -2.33. The van der Waals surface area contributed by atoms with Crippen molar-refractivity contribution in [3.8, 4) is 0 Å². The zero-order chi connectivity index (χ0) is 15.4. The third-order valence-corrected chi connectivity index (χ3v) is 4.56. The molecule has 0 saturated carbocycles. The Morgan fingerprint density at radius 3 is 2.57 bits per heavy atom. The zero-order valence-electron chi connectivity index (χ0n) is 12.5. The van der Waals surface area contributed by atoms with Gasteiger partial charge in [-0.1, -0.05) is 13.0 Å². The summed E-state index contributed by atoms with van der Waals surface area (Å²) in [6.45, 7) is 6.87. The lowest BCUT2D eigenvalue weighted by Gasteiger charge is -2.17. The van der Waals surface area contributed by atoms with Crippen LogP contribution in [0.15, 0.2) is 18.2 Å². The minimum atomic E-state index is -0.539. The van der Waals surface area contributed by atoms with Gasteiger partial charge < -0.3 is 5.32 Å². The van der Waals surface area contributed by atoms with Crippen molar-refractivity contribution in [2.75, 3.05) is 6.54 Å². The summed E-state index contributed by atoms with van der Waals surface area (Å²) in [5.41, 5.74) is 1.59. The Morgan fingerprint density at radius 1 is 1.24 bits per heavy atom. The lowest BCUT2D eigenvalue weighted by atomic mass is 10.0. The quantitative estimate of drug-likeness (QED) is 0.878. The lowest BCUT2D eigenvalue weighted by molar-refractivity contribution is 0.501. The van der Waals surface area contributed by atoms with E-state index in [1.807, 2.05) is 13.8 Å². The molecule has 2 aromatic rings. The average Bonchev–Trinajstić information content (AvgIpc) is 2.72. The van der Waals surface area contributed by atoms with Crippen LogP contribution in [0.3, 0.4) is 0 Å². The third kappa shape index (κ3) is 4.32. The van der Waals surface area contributed by atoms with Gasteiger partial charge in [-0.05, 0) is 38.4 Å². The first kappa shape index (κ1) is 16.0. The molecule has 114 valence electrons. The summed E-state index contributed by atoms with van der Waals surface area (Å²) in [7, 11) is 0. The number of likely N-dealkylation sites (N-methyl/N-ethyl adjacent to an activating group) is 1. The van der Waals surface area contributed by atoms with Crippen molar-refractivity contribution in [3.05, 3.63) is 51.0 Å². The van der Waals surface area contributed by atoms with Gasteiger partial charge in [-0.2, -0.15) is 0 Å². The minimum absolute atomic E-state index is 0.0971. The van der Waals surface area contributed by atoms with Crippen LogP contribution < -0.4 is 5.32 Å². The smallest absolute Gasteiger partial charge is 0.129 e. The van der Waals surface area contributed by atoms with E-state index >= 15 is 0 Å². The first-order valence-electron chi connectivity index (χ1n) is 7.09. The molecular weight excluding hydrogens is 290 g/mol. The normalized spacial score (nSPS) is 12.6. The molecule has 0 bridgehead atoms.